The smallest absolute Gasteiger partial charge is 0.303 e. The molecule has 0 aliphatic carbocycles. The highest BCUT2D eigenvalue weighted by atomic mass is 32.2. The zero-order valence-electron chi connectivity index (χ0n) is 21.9. The van der Waals surface area contributed by atoms with E-state index in [-0.39, 0.29) is 59.1 Å². The number of halogens is 4. The van der Waals surface area contributed by atoms with E-state index in [1.165, 1.54) is 32.2 Å². The first-order valence-corrected chi connectivity index (χ1v) is 13.5. The van der Waals surface area contributed by atoms with Crippen molar-refractivity contribution in [3.05, 3.63) is 58.4 Å². The summed E-state index contributed by atoms with van der Waals surface area (Å²) in [5.74, 6) is -3.63. The van der Waals surface area contributed by atoms with Gasteiger partial charge in [0.1, 0.15) is 46.5 Å². The van der Waals surface area contributed by atoms with E-state index in [4.69, 9.17) is 11.2 Å². The van der Waals surface area contributed by atoms with Gasteiger partial charge in [-0.25, -0.2) is 31.5 Å². The van der Waals surface area contributed by atoms with E-state index >= 15 is 8.78 Å². The fourth-order valence-electron chi connectivity index (χ4n) is 3.62. The van der Waals surface area contributed by atoms with Crippen LogP contribution in [0.1, 0.15) is 36.4 Å². The Labute approximate surface area is 224 Å². The standard InChI is InChI=1S/C26H28F4N4O4S/c1-7-17-20(38-12-11-34(5)39(6,36)37)13-18-23(22(17)28)32-15(2)33-24(18)31-14-16-9-8-10-19(21(16)27)26(29,30)25(3,4)35/h1,8-10,13,35H,11-12,14H2,2-6H3,(H,31,32,33). The summed E-state index contributed by atoms with van der Waals surface area (Å²) in [6.07, 6.45) is 6.52. The Kier molecular flexibility index (Phi) is 8.45. The van der Waals surface area contributed by atoms with Crippen molar-refractivity contribution in [1.29, 1.82) is 0 Å². The number of anilines is 1. The molecule has 2 N–H and O–H groups in total. The summed E-state index contributed by atoms with van der Waals surface area (Å²) in [6, 6.07) is 4.77. The first-order chi connectivity index (χ1) is 18.0. The van der Waals surface area contributed by atoms with Crippen LogP contribution in [0.5, 0.6) is 5.75 Å². The Bertz CT molecular complexity index is 1550. The molecule has 1 heterocycles. The average molecular weight is 569 g/mol. The lowest BCUT2D eigenvalue weighted by Gasteiger charge is -2.30. The van der Waals surface area contributed by atoms with Crippen molar-refractivity contribution in [2.45, 2.75) is 38.8 Å². The van der Waals surface area contributed by atoms with Gasteiger partial charge in [-0.05, 0) is 32.9 Å². The van der Waals surface area contributed by atoms with Crippen molar-refractivity contribution in [2.75, 3.05) is 31.8 Å². The van der Waals surface area contributed by atoms with Crippen LogP contribution in [-0.2, 0) is 22.5 Å². The zero-order valence-corrected chi connectivity index (χ0v) is 22.8. The first-order valence-electron chi connectivity index (χ1n) is 11.6. The lowest BCUT2D eigenvalue weighted by Crippen LogP contribution is -2.41. The summed E-state index contributed by atoms with van der Waals surface area (Å²) >= 11 is 0. The highest BCUT2D eigenvalue weighted by Crippen LogP contribution is 2.40. The van der Waals surface area contributed by atoms with Gasteiger partial charge >= 0.3 is 5.92 Å². The maximum Gasteiger partial charge on any atom is 0.303 e. The first kappa shape index (κ1) is 30.1. The minimum atomic E-state index is -3.88. The third-order valence-electron chi connectivity index (χ3n) is 6.01. The fourth-order valence-corrected chi connectivity index (χ4v) is 4.02. The lowest BCUT2D eigenvalue weighted by molar-refractivity contribution is -0.170. The Morgan fingerprint density at radius 3 is 2.46 bits per heavy atom. The van der Waals surface area contributed by atoms with Crippen LogP contribution in [-0.4, -0.2) is 59.9 Å². The molecule has 0 saturated carbocycles. The van der Waals surface area contributed by atoms with Crippen molar-refractivity contribution in [3.8, 4) is 18.1 Å². The molecular weight excluding hydrogens is 540 g/mol. The normalized spacial score (nSPS) is 12.6. The molecule has 0 bridgehead atoms. The van der Waals surface area contributed by atoms with Gasteiger partial charge in [-0.2, -0.15) is 8.78 Å². The second-order valence-corrected chi connectivity index (χ2v) is 11.5. The molecule has 0 amide bonds. The number of aromatic nitrogens is 2. The number of likely N-dealkylation sites (N-methyl/N-ethyl adjacent to an activating group) is 1. The molecule has 1 aromatic heterocycles. The van der Waals surface area contributed by atoms with E-state index < -0.39 is 38.7 Å². The van der Waals surface area contributed by atoms with Gasteiger partial charge in [-0.3, -0.25) is 0 Å². The van der Waals surface area contributed by atoms with Gasteiger partial charge in [-0.1, -0.05) is 18.1 Å². The number of ether oxygens (including phenoxy) is 1. The number of hydrogen-bond acceptors (Lipinski definition) is 7. The molecule has 0 fully saturated rings. The minimum Gasteiger partial charge on any atom is -0.491 e. The van der Waals surface area contributed by atoms with Crippen LogP contribution in [0.4, 0.5) is 23.4 Å². The number of rotatable bonds is 10. The quantitative estimate of drug-likeness (QED) is 0.282. The summed E-state index contributed by atoms with van der Waals surface area (Å²) in [6.45, 7) is 2.75. The Balaban J connectivity index is 1.99. The SMILES string of the molecule is C#Cc1c(OCCN(C)S(C)(=O)=O)cc2c(NCc3cccc(C(F)(F)C(C)(C)O)c3F)nc(C)nc2c1F. The number of fused-ring (bicyclic) bond motifs is 1. The second-order valence-electron chi connectivity index (χ2n) is 9.42. The van der Waals surface area contributed by atoms with E-state index in [1.54, 1.807) is 0 Å². The Hall–Kier alpha value is -3.47. The highest BCUT2D eigenvalue weighted by molar-refractivity contribution is 7.88. The molecule has 2 aromatic carbocycles. The molecule has 0 atom stereocenters. The number of nitrogens with zero attached hydrogens (tertiary/aromatic N) is 3. The van der Waals surface area contributed by atoms with Crippen LogP contribution in [0.25, 0.3) is 10.9 Å². The maximum atomic E-state index is 15.4. The molecular formula is C26H28F4N4O4S. The number of hydrogen-bond donors (Lipinski definition) is 2. The van der Waals surface area contributed by atoms with Gasteiger partial charge in [0.2, 0.25) is 10.0 Å². The summed E-state index contributed by atoms with van der Waals surface area (Å²) < 4.78 is 89.7. The Morgan fingerprint density at radius 2 is 1.87 bits per heavy atom. The predicted octanol–water partition coefficient (Wildman–Crippen LogP) is 3.94. The molecule has 3 aromatic rings. The number of alkyl halides is 2. The largest absolute Gasteiger partial charge is 0.491 e. The predicted molar refractivity (Wildman–Crippen MR) is 139 cm³/mol. The van der Waals surface area contributed by atoms with Gasteiger partial charge in [-0.15, -0.1) is 6.42 Å². The Morgan fingerprint density at radius 1 is 1.21 bits per heavy atom. The summed E-state index contributed by atoms with van der Waals surface area (Å²) in [5, 5.41) is 12.8. The maximum absolute atomic E-state index is 15.4. The topological polar surface area (TPSA) is 105 Å². The van der Waals surface area contributed by atoms with Crippen molar-refractivity contribution < 1.29 is 35.8 Å². The third-order valence-corrected chi connectivity index (χ3v) is 7.33. The molecule has 210 valence electrons. The van der Waals surface area contributed by atoms with Gasteiger partial charge < -0.3 is 15.2 Å². The number of sulfonamides is 1. The van der Waals surface area contributed by atoms with Gasteiger partial charge in [0.15, 0.2) is 5.82 Å². The van der Waals surface area contributed by atoms with Crippen LogP contribution < -0.4 is 10.1 Å². The van der Waals surface area contributed by atoms with Crippen LogP contribution in [0.15, 0.2) is 24.3 Å². The number of benzene rings is 2. The molecule has 0 radical (unpaired) electrons. The second kappa shape index (κ2) is 11.0. The summed E-state index contributed by atoms with van der Waals surface area (Å²) in [7, 11) is -2.11. The number of aryl methyl sites for hydroxylation is 1. The molecule has 13 heteroatoms. The van der Waals surface area contributed by atoms with E-state index in [9.17, 15) is 22.3 Å². The zero-order chi connectivity index (χ0) is 29.3. The molecule has 0 aliphatic heterocycles. The molecule has 0 spiro atoms. The van der Waals surface area contributed by atoms with E-state index in [0.717, 1.165) is 30.5 Å². The number of aliphatic hydroxyl groups is 1. The van der Waals surface area contributed by atoms with Crippen molar-refractivity contribution in [1.82, 2.24) is 14.3 Å². The fraction of sp³-hybridized carbons (Fsp3) is 0.385. The highest BCUT2D eigenvalue weighted by Gasteiger charge is 2.49. The number of nitrogens with one attached hydrogen (secondary N) is 1. The molecule has 0 unspecified atom stereocenters. The van der Waals surface area contributed by atoms with E-state index in [2.05, 4.69) is 21.2 Å². The van der Waals surface area contributed by atoms with Gasteiger partial charge in [0.25, 0.3) is 0 Å². The van der Waals surface area contributed by atoms with E-state index in [1.807, 2.05) is 0 Å². The molecule has 3 rings (SSSR count). The minimum absolute atomic E-state index is 0.0388. The van der Waals surface area contributed by atoms with Crippen LogP contribution >= 0.6 is 0 Å². The van der Waals surface area contributed by atoms with Crippen LogP contribution in [0, 0.1) is 30.9 Å². The molecule has 39 heavy (non-hydrogen) atoms. The van der Waals surface area contributed by atoms with E-state index in [0.29, 0.717) is 0 Å². The number of terminal acetylenes is 1. The summed E-state index contributed by atoms with van der Waals surface area (Å²) in [5.41, 5.74) is -4.03. The lowest BCUT2D eigenvalue weighted by atomic mass is 9.92. The van der Waals surface area contributed by atoms with Crippen molar-refractivity contribution >= 4 is 26.7 Å². The van der Waals surface area contributed by atoms with Crippen LogP contribution in [0.3, 0.4) is 0 Å². The average Bonchev–Trinajstić information content (AvgIpc) is 2.82. The van der Waals surface area contributed by atoms with Crippen molar-refractivity contribution in [2.24, 2.45) is 0 Å². The van der Waals surface area contributed by atoms with Crippen molar-refractivity contribution in [3.63, 3.8) is 0 Å². The van der Waals surface area contributed by atoms with Gasteiger partial charge in [0.05, 0.1) is 11.8 Å². The third kappa shape index (κ3) is 6.24. The van der Waals surface area contributed by atoms with Gasteiger partial charge in [0, 0.05) is 31.1 Å². The molecule has 0 aliphatic rings. The molecule has 8 nitrogen and oxygen atoms in total. The summed E-state index contributed by atoms with van der Waals surface area (Å²) in [4.78, 5) is 8.35. The molecule has 0 saturated heterocycles. The monoisotopic (exact) mass is 568 g/mol. The van der Waals surface area contributed by atoms with Crippen LogP contribution in [0.2, 0.25) is 0 Å².